The van der Waals surface area contributed by atoms with Gasteiger partial charge in [-0.1, -0.05) is 43.2 Å². The van der Waals surface area contributed by atoms with E-state index in [4.69, 9.17) is 0 Å². The van der Waals surface area contributed by atoms with Gasteiger partial charge >= 0.3 is 0 Å². The normalized spacial score (nSPS) is 17.3. The molecular weight excluding hydrogens is 240 g/mol. The highest BCUT2D eigenvalue weighted by Crippen LogP contribution is 2.17. The van der Waals surface area contributed by atoms with E-state index in [9.17, 15) is 9.90 Å². The molecule has 1 atom stereocenters. The number of aliphatic hydroxyl groups excluding tert-OH is 1. The van der Waals surface area contributed by atoms with E-state index in [0.29, 0.717) is 6.04 Å². The number of benzene rings is 1. The number of hydrogen-bond donors (Lipinski definition) is 3. The molecule has 0 spiro atoms. The molecule has 1 saturated carbocycles. The zero-order valence-corrected chi connectivity index (χ0v) is 11.1. The molecule has 1 aliphatic carbocycles. The topological polar surface area (TPSA) is 61.4 Å². The van der Waals surface area contributed by atoms with E-state index >= 15 is 0 Å². The zero-order valence-electron chi connectivity index (χ0n) is 11.1. The predicted octanol–water partition coefficient (Wildman–Crippen LogP) is 1.37. The van der Waals surface area contributed by atoms with Crippen LogP contribution in [-0.2, 0) is 4.79 Å². The lowest BCUT2D eigenvalue weighted by atomic mass is 10.1. The third kappa shape index (κ3) is 4.33. The molecule has 1 aromatic rings. The van der Waals surface area contributed by atoms with E-state index in [-0.39, 0.29) is 25.1 Å². The number of rotatable bonds is 6. The molecule has 0 unspecified atom stereocenters. The molecule has 1 aromatic carbocycles. The maximum Gasteiger partial charge on any atom is 0.234 e. The second-order valence-electron chi connectivity index (χ2n) is 5.08. The van der Waals surface area contributed by atoms with Gasteiger partial charge in [-0.05, 0) is 18.4 Å². The van der Waals surface area contributed by atoms with Crippen LogP contribution in [0.3, 0.4) is 0 Å². The Balaban J connectivity index is 1.78. The van der Waals surface area contributed by atoms with E-state index in [0.717, 1.165) is 18.4 Å². The molecule has 3 N–H and O–H groups in total. The summed E-state index contributed by atoms with van der Waals surface area (Å²) in [5.74, 6) is 0.0151. The number of aliphatic hydroxyl groups is 1. The molecule has 0 radical (unpaired) electrons. The van der Waals surface area contributed by atoms with Crippen molar-refractivity contribution in [2.45, 2.75) is 37.8 Å². The average Bonchev–Trinajstić information content (AvgIpc) is 2.93. The van der Waals surface area contributed by atoms with Gasteiger partial charge in [-0.3, -0.25) is 10.1 Å². The van der Waals surface area contributed by atoms with Crippen LogP contribution >= 0.6 is 0 Å². The Bertz CT molecular complexity index is 388. The Morgan fingerprint density at radius 1 is 1.26 bits per heavy atom. The van der Waals surface area contributed by atoms with E-state index in [2.05, 4.69) is 10.6 Å². The summed E-state index contributed by atoms with van der Waals surface area (Å²) in [4.78, 5) is 11.8. The van der Waals surface area contributed by atoms with E-state index in [1.165, 1.54) is 12.8 Å². The van der Waals surface area contributed by atoms with E-state index in [1.54, 1.807) is 0 Å². The van der Waals surface area contributed by atoms with Crippen molar-refractivity contribution < 1.29 is 9.90 Å². The lowest BCUT2D eigenvalue weighted by Crippen LogP contribution is -2.40. The fourth-order valence-corrected chi connectivity index (χ4v) is 2.54. The van der Waals surface area contributed by atoms with Crippen molar-refractivity contribution in [2.75, 3.05) is 13.2 Å². The number of amides is 1. The third-order valence-electron chi connectivity index (χ3n) is 3.61. The molecule has 4 nitrogen and oxygen atoms in total. The zero-order chi connectivity index (χ0) is 13.5. The van der Waals surface area contributed by atoms with Crippen molar-refractivity contribution in [1.82, 2.24) is 10.6 Å². The molecule has 1 aliphatic rings. The second kappa shape index (κ2) is 7.26. The Morgan fingerprint density at radius 2 is 1.95 bits per heavy atom. The minimum Gasteiger partial charge on any atom is -0.394 e. The lowest BCUT2D eigenvalue weighted by molar-refractivity contribution is -0.121. The minimum absolute atomic E-state index is 0.0132. The molecule has 0 aliphatic heterocycles. The van der Waals surface area contributed by atoms with Gasteiger partial charge < -0.3 is 10.4 Å². The second-order valence-corrected chi connectivity index (χ2v) is 5.08. The van der Waals surface area contributed by atoms with Crippen LogP contribution in [0.2, 0.25) is 0 Å². The van der Waals surface area contributed by atoms with Gasteiger partial charge in [-0.15, -0.1) is 0 Å². The van der Waals surface area contributed by atoms with Gasteiger partial charge in [0.25, 0.3) is 0 Å². The summed E-state index contributed by atoms with van der Waals surface area (Å²) < 4.78 is 0. The summed E-state index contributed by atoms with van der Waals surface area (Å²) >= 11 is 0. The molecule has 0 heterocycles. The molecule has 0 bridgehead atoms. The molecule has 19 heavy (non-hydrogen) atoms. The fourth-order valence-electron chi connectivity index (χ4n) is 2.54. The summed E-state index contributed by atoms with van der Waals surface area (Å²) in [5, 5.41) is 15.5. The van der Waals surface area contributed by atoms with Crippen LogP contribution in [0, 0.1) is 0 Å². The van der Waals surface area contributed by atoms with Crippen LogP contribution < -0.4 is 10.6 Å². The third-order valence-corrected chi connectivity index (χ3v) is 3.61. The van der Waals surface area contributed by atoms with Crippen molar-refractivity contribution in [1.29, 1.82) is 0 Å². The Kier molecular flexibility index (Phi) is 5.36. The van der Waals surface area contributed by atoms with Crippen molar-refractivity contribution in [3.8, 4) is 0 Å². The molecule has 2 rings (SSSR count). The van der Waals surface area contributed by atoms with Gasteiger partial charge in [0.1, 0.15) is 0 Å². The Labute approximate surface area is 114 Å². The highest BCUT2D eigenvalue weighted by molar-refractivity contribution is 5.78. The highest BCUT2D eigenvalue weighted by Gasteiger charge is 2.17. The number of carbonyl (C=O) groups excluding carboxylic acids is 1. The largest absolute Gasteiger partial charge is 0.394 e. The van der Waals surface area contributed by atoms with Gasteiger partial charge in [0.2, 0.25) is 5.91 Å². The first-order valence-corrected chi connectivity index (χ1v) is 6.98. The van der Waals surface area contributed by atoms with Crippen LogP contribution in [0.1, 0.15) is 37.3 Å². The first-order valence-electron chi connectivity index (χ1n) is 6.98. The fraction of sp³-hybridized carbons (Fsp3) is 0.533. The highest BCUT2D eigenvalue weighted by atomic mass is 16.3. The molecule has 104 valence electrons. The van der Waals surface area contributed by atoms with Gasteiger partial charge in [-0.2, -0.15) is 0 Å². The molecule has 1 amide bonds. The Morgan fingerprint density at radius 3 is 2.58 bits per heavy atom. The lowest BCUT2D eigenvalue weighted by Gasteiger charge is -2.18. The Hall–Kier alpha value is -1.39. The molecule has 0 aromatic heterocycles. The first kappa shape index (κ1) is 14.0. The van der Waals surface area contributed by atoms with E-state index < -0.39 is 0 Å². The van der Waals surface area contributed by atoms with Crippen LogP contribution in [-0.4, -0.2) is 30.2 Å². The van der Waals surface area contributed by atoms with Crippen molar-refractivity contribution >= 4 is 5.91 Å². The number of carbonyl (C=O) groups is 1. The van der Waals surface area contributed by atoms with Gasteiger partial charge in [0.05, 0.1) is 19.2 Å². The number of nitrogens with one attached hydrogen (secondary N) is 2. The van der Waals surface area contributed by atoms with Crippen molar-refractivity contribution in [3.63, 3.8) is 0 Å². The van der Waals surface area contributed by atoms with Crippen LogP contribution in [0.4, 0.5) is 0 Å². The molecule has 1 fully saturated rings. The first-order chi connectivity index (χ1) is 9.29. The van der Waals surface area contributed by atoms with Gasteiger partial charge in [0.15, 0.2) is 0 Å². The summed E-state index contributed by atoms with van der Waals surface area (Å²) in [7, 11) is 0. The van der Waals surface area contributed by atoms with Crippen LogP contribution in [0.5, 0.6) is 0 Å². The summed E-state index contributed by atoms with van der Waals surface area (Å²) in [6.45, 7) is 0.233. The minimum atomic E-state index is -0.185. The van der Waals surface area contributed by atoms with E-state index in [1.807, 2.05) is 30.3 Å². The molecular formula is C15H22N2O2. The van der Waals surface area contributed by atoms with Crippen molar-refractivity contribution in [3.05, 3.63) is 35.9 Å². The number of hydrogen-bond acceptors (Lipinski definition) is 3. The standard InChI is InChI=1S/C15H22N2O2/c18-11-14(12-6-2-1-3-7-12)16-10-15(19)17-13-8-4-5-9-13/h1-3,6-7,13-14,16,18H,4-5,8-11H2,(H,17,19)/t14-/m1/s1. The summed E-state index contributed by atoms with van der Waals surface area (Å²) in [5.41, 5.74) is 0.999. The molecule has 4 heteroatoms. The summed E-state index contributed by atoms with van der Waals surface area (Å²) in [6, 6.07) is 9.85. The predicted molar refractivity (Wildman–Crippen MR) is 74.7 cm³/mol. The van der Waals surface area contributed by atoms with Crippen molar-refractivity contribution in [2.24, 2.45) is 0 Å². The van der Waals surface area contributed by atoms with Gasteiger partial charge in [0, 0.05) is 6.04 Å². The smallest absolute Gasteiger partial charge is 0.234 e. The maximum atomic E-state index is 11.8. The quantitative estimate of drug-likeness (QED) is 0.725. The van der Waals surface area contributed by atoms with Gasteiger partial charge in [-0.25, -0.2) is 0 Å². The average molecular weight is 262 g/mol. The SMILES string of the molecule is O=C(CN[C@H](CO)c1ccccc1)NC1CCCC1. The van der Waals surface area contributed by atoms with Crippen LogP contribution in [0.25, 0.3) is 0 Å². The summed E-state index contributed by atoms with van der Waals surface area (Å²) in [6.07, 6.45) is 4.60. The monoisotopic (exact) mass is 262 g/mol. The molecule has 0 saturated heterocycles. The maximum absolute atomic E-state index is 11.8. The van der Waals surface area contributed by atoms with Crippen LogP contribution in [0.15, 0.2) is 30.3 Å².